The third kappa shape index (κ3) is 2.27. The number of hydrogen-bond donors (Lipinski definition) is 0. The summed E-state index contributed by atoms with van der Waals surface area (Å²) in [5.74, 6) is 0.514. The van der Waals surface area contributed by atoms with E-state index in [1.807, 2.05) is 0 Å². The average molecular weight is 317 g/mol. The van der Waals surface area contributed by atoms with Crippen molar-refractivity contribution in [2.75, 3.05) is 0 Å². The molecule has 122 valence electrons. The van der Waals surface area contributed by atoms with Crippen LogP contribution in [0.15, 0.2) is 48.5 Å². The summed E-state index contributed by atoms with van der Waals surface area (Å²) in [7, 11) is 0. The maximum atomic E-state index is 4.60. The molecule has 3 aromatic rings. The molecule has 0 N–H and O–H groups in total. The zero-order chi connectivity index (χ0) is 16.7. The maximum Gasteiger partial charge on any atom is 0.121 e. The Balaban J connectivity index is 2.09. The molecule has 0 saturated carbocycles. The van der Waals surface area contributed by atoms with E-state index in [0.29, 0.717) is 5.92 Å². The van der Waals surface area contributed by atoms with Crippen LogP contribution in [0.5, 0.6) is 0 Å². The third-order valence-electron chi connectivity index (χ3n) is 5.07. The maximum absolute atomic E-state index is 4.60. The van der Waals surface area contributed by atoms with Crippen molar-refractivity contribution in [1.82, 2.24) is 15.0 Å². The van der Waals surface area contributed by atoms with Gasteiger partial charge in [-0.25, -0.2) is 4.68 Å². The summed E-state index contributed by atoms with van der Waals surface area (Å²) in [6.07, 6.45) is 2.19. The largest absolute Gasteiger partial charge is 0.242 e. The van der Waals surface area contributed by atoms with Gasteiger partial charge in [0.1, 0.15) is 5.69 Å². The summed E-state index contributed by atoms with van der Waals surface area (Å²) in [6, 6.07) is 17.7. The molecule has 0 radical (unpaired) electrons. The molecule has 3 nitrogen and oxygen atoms in total. The van der Waals surface area contributed by atoms with E-state index < -0.39 is 0 Å². The molecule has 2 aromatic carbocycles. The molecule has 1 aromatic heterocycles. The first-order valence-corrected chi connectivity index (χ1v) is 8.83. The van der Waals surface area contributed by atoms with E-state index in [1.165, 1.54) is 22.3 Å². The van der Waals surface area contributed by atoms with Crippen molar-refractivity contribution >= 4 is 0 Å². The number of fused-ring (bicyclic) bond motifs is 5. The summed E-state index contributed by atoms with van der Waals surface area (Å²) < 4.78 is 2.07. The lowest BCUT2D eigenvalue weighted by Gasteiger charge is -2.24. The second-order valence-electron chi connectivity index (χ2n) is 6.88. The van der Waals surface area contributed by atoms with Crippen LogP contribution in [0.25, 0.3) is 22.5 Å². The Morgan fingerprint density at radius 1 is 1.04 bits per heavy atom. The van der Waals surface area contributed by atoms with Crippen molar-refractivity contribution in [1.29, 1.82) is 0 Å². The van der Waals surface area contributed by atoms with Gasteiger partial charge in [0.05, 0.1) is 5.69 Å². The minimum atomic E-state index is 0.280. The van der Waals surface area contributed by atoms with Gasteiger partial charge in [-0.15, -0.1) is 5.10 Å². The zero-order valence-corrected chi connectivity index (χ0v) is 14.5. The highest BCUT2D eigenvalue weighted by Gasteiger charge is 2.27. The second kappa shape index (κ2) is 5.90. The summed E-state index contributed by atoms with van der Waals surface area (Å²) in [4.78, 5) is 0. The lowest BCUT2D eigenvalue weighted by molar-refractivity contribution is 0.519. The van der Waals surface area contributed by atoms with E-state index in [9.17, 15) is 0 Å². The minimum Gasteiger partial charge on any atom is -0.242 e. The van der Waals surface area contributed by atoms with Crippen molar-refractivity contribution in [3.63, 3.8) is 0 Å². The van der Waals surface area contributed by atoms with Crippen LogP contribution >= 0.6 is 0 Å². The van der Waals surface area contributed by atoms with Crippen molar-refractivity contribution in [2.45, 2.75) is 45.6 Å². The molecule has 0 aliphatic heterocycles. The van der Waals surface area contributed by atoms with Gasteiger partial charge in [-0.3, -0.25) is 0 Å². The van der Waals surface area contributed by atoms with Crippen LogP contribution in [-0.4, -0.2) is 15.0 Å². The van der Waals surface area contributed by atoms with E-state index in [1.54, 1.807) is 0 Å². The molecule has 1 heterocycles. The van der Waals surface area contributed by atoms with Gasteiger partial charge in [0.2, 0.25) is 0 Å². The Bertz CT molecular complexity index is 876. The average Bonchev–Trinajstić information content (AvgIpc) is 3.03. The lowest BCUT2D eigenvalue weighted by atomic mass is 9.81. The fraction of sp³-hybridized carbons (Fsp3) is 0.333. The standard InChI is InChI=1S/C21H23N3/c1-4-15-13-16-9-5-6-11-18(16)21-20(22-23-24(21)14(2)3)19-12-8-7-10-17(15)19/h5-12,14-15H,4,13H2,1-3H3. The minimum absolute atomic E-state index is 0.280. The molecule has 4 rings (SSSR count). The van der Waals surface area contributed by atoms with Crippen LogP contribution < -0.4 is 0 Å². The van der Waals surface area contributed by atoms with Gasteiger partial charge in [0.25, 0.3) is 0 Å². The highest BCUT2D eigenvalue weighted by atomic mass is 15.4. The molecule has 24 heavy (non-hydrogen) atoms. The van der Waals surface area contributed by atoms with E-state index in [2.05, 4.69) is 84.3 Å². The topological polar surface area (TPSA) is 30.7 Å². The molecule has 0 bridgehead atoms. The van der Waals surface area contributed by atoms with Gasteiger partial charge in [-0.2, -0.15) is 0 Å². The Morgan fingerprint density at radius 3 is 2.50 bits per heavy atom. The summed E-state index contributed by atoms with van der Waals surface area (Å²) in [6.45, 7) is 6.60. The van der Waals surface area contributed by atoms with Crippen LogP contribution in [0, 0.1) is 0 Å². The normalized spacial score (nSPS) is 16.1. The summed E-state index contributed by atoms with van der Waals surface area (Å²) >= 11 is 0. The summed E-state index contributed by atoms with van der Waals surface area (Å²) in [5, 5.41) is 9.10. The number of benzene rings is 2. The van der Waals surface area contributed by atoms with E-state index in [0.717, 1.165) is 24.2 Å². The number of hydrogen-bond acceptors (Lipinski definition) is 2. The Kier molecular flexibility index (Phi) is 3.72. The summed E-state index contributed by atoms with van der Waals surface area (Å²) in [5.41, 5.74) is 7.48. The van der Waals surface area contributed by atoms with Gasteiger partial charge in [-0.1, -0.05) is 60.7 Å². The van der Waals surface area contributed by atoms with Gasteiger partial charge in [-0.05, 0) is 43.7 Å². The molecular weight excluding hydrogens is 294 g/mol. The molecule has 3 heteroatoms. The van der Waals surface area contributed by atoms with Crippen LogP contribution in [0.2, 0.25) is 0 Å². The van der Waals surface area contributed by atoms with Gasteiger partial charge in [0, 0.05) is 17.2 Å². The van der Waals surface area contributed by atoms with E-state index in [-0.39, 0.29) is 6.04 Å². The van der Waals surface area contributed by atoms with E-state index >= 15 is 0 Å². The number of rotatable bonds is 2. The predicted molar refractivity (Wildman–Crippen MR) is 98.0 cm³/mol. The van der Waals surface area contributed by atoms with Crippen molar-refractivity contribution < 1.29 is 0 Å². The first kappa shape index (κ1) is 15.1. The van der Waals surface area contributed by atoms with Gasteiger partial charge in [0.15, 0.2) is 0 Å². The van der Waals surface area contributed by atoms with E-state index in [4.69, 9.17) is 0 Å². The molecule has 1 atom stereocenters. The Morgan fingerprint density at radius 2 is 1.75 bits per heavy atom. The molecule has 1 aliphatic rings. The quantitative estimate of drug-likeness (QED) is 0.647. The predicted octanol–water partition coefficient (Wildman–Crippen LogP) is 5.24. The molecule has 1 unspecified atom stereocenters. The number of aromatic nitrogens is 3. The highest BCUT2D eigenvalue weighted by molar-refractivity contribution is 5.82. The van der Waals surface area contributed by atoms with Crippen LogP contribution in [0.1, 0.15) is 50.3 Å². The monoisotopic (exact) mass is 317 g/mol. The fourth-order valence-corrected chi connectivity index (χ4v) is 3.83. The lowest BCUT2D eigenvalue weighted by Crippen LogP contribution is -2.11. The molecule has 0 fully saturated rings. The first-order chi connectivity index (χ1) is 11.7. The second-order valence-corrected chi connectivity index (χ2v) is 6.88. The molecule has 0 spiro atoms. The Labute approximate surface area is 143 Å². The fourth-order valence-electron chi connectivity index (χ4n) is 3.83. The molecule has 0 saturated heterocycles. The van der Waals surface area contributed by atoms with Crippen molar-refractivity contribution in [3.8, 4) is 22.5 Å². The molecule has 0 amide bonds. The SMILES string of the molecule is CCC1Cc2ccccc2-c2c(nnn2C(C)C)-c2ccccc21. The highest BCUT2D eigenvalue weighted by Crippen LogP contribution is 2.42. The van der Waals surface area contributed by atoms with Crippen LogP contribution in [0.4, 0.5) is 0 Å². The zero-order valence-electron chi connectivity index (χ0n) is 14.5. The van der Waals surface area contributed by atoms with Crippen molar-refractivity contribution in [3.05, 3.63) is 59.7 Å². The van der Waals surface area contributed by atoms with Crippen LogP contribution in [-0.2, 0) is 6.42 Å². The van der Waals surface area contributed by atoms with Crippen LogP contribution in [0.3, 0.4) is 0 Å². The smallest absolute Gasteiger partial charge is 0.121 e. The van der Waals surface area contributed by atoms with Gasteiger partial charge < -0.3 is 0 Å². The Hall–Kier alpha value is -2.42. The van der Waals surface area contributed by atoms with Crippen molar-refractivity contribution in [2.24, 2.45) is 0 Å². The first-order valence-electron chi connectivity index (χ1n) is 8.83. The molecule has 1 aliphatic carbocycles. The van der Waals surface area contributed by atoms with Gasteiger partial charge >= 0.3 is 0 Å². The number of nitrogens with zero attached hydrogens (tertiary/aromatic N) is 3. The third-order valence-corrected chi connectivity index (χ3v) is 5.07. The molecular formula is C21H23N3.